The number of hydrogen-bond acceptors (Lipinski definition) is 1. The molecule has 0 saturated heterocycles. The molecule has 0 rings (SSSR count). The van der Waals surface area contributed by atoms with Gasteiger partial charge < -0.3 is 4.74 Å². The van der Waals surface area contributed by atoms with Crippen molar-refractivity contribution in [3.63, 3.8) is 0 Å². The summed E-state index contributed by atoms with van der Waals surface area (Å²) in [4.78, 5) is 0. The highest BCUT2D eigenvalue weighted by Crippen LogP contribution is 2.20. The Morgan fingerprint density at radius 3 is 2.33 bits per heavy atom. The highest BCUT2D eigenvalue weighted by molar-refractivity contribution is 5.11. The summed E-state index contributed by atoms with van der Waals surface area (Å²) in [6.07, 6.45) is -1.02. The highest BCUT2D eigenvalue weighted by Gasteiger charge is 2.25. The van der Waals surface area contributed by atoms with E-state index in [1.54, 1.807) is 13.0 Å². The van der Waals surface area contributed by atoms with Crippen LogP contribution in [0, 0.1) is 0 Å². The van der Waals surface area contributed by atoms with E-state index >= 15 is 0 Å². The lowest BCUT2D eigenvalue weighted by Crippen LogP contribution is -2.05. The average Bonchev–Trinajstić information content (AvgIpc) is 1.96. The topological polar surface area (TPSA) is 9.23 Å². The molecule has 0 aliphatic heterocycles. The van der Waals surface area contributed by atoms with Gasteiger partial charge in [-0.25, -0.2) is 0 Å². The number of rotatable bonds is 3. The molecule has 0 unspecified atom stereocenters. The zero-order valence-corrected chi connectivity index (χ0v) is 6.98. The Morgan fingerprint density at radius 1 is 1.42 bits per heavy atom. The van der Waals surface area contributed by atoms with Gasteiger partial charge in [-0.05, 0) is 19.1 Å². The van der Waals surface area contributed by atoms with Crippen molar-refractivity contribution in [2.24, 2.45) is 0 Å². The predicted octanol–water partition coefficient (Wildman–Crippen LogP) is 3.05. The van der Waals surface area contributed by atoms with Crippen LogP contribution in [-0.4, -0.2) is 13.3 Å². The fourth-order valence-corrected chi connectivity index (χ4v) is 0.600. The van der Waals surface area contributed by atoms with E-state index in [2.05, 4.69) is 4.74 Å². The molecule has 1 nitrogen and oxygen atoms in total. The lowest BCUT2D eigenvalue weighted by atomic mass is 10.3. The van der Waals surface area contributed by atoms with Gasteiger partial charge in [-0.2, -0.15) is 13.2 Å². The number of alkyl halides is 3. The Labute approximate surface area is 69.5 Å². The quantitative estimate of drug-likeness (QED) is 0.479. The fraction of sp³-hybridized carbons (Fsp3) is 0.500. The molecule has 0 heterocycles. The zero-order chi connectivity index (χ0) is 9.61. The van der Waals surface area contributed by atoms with E-state index in [1.165, 1.54) is 13.2 Å². The summed E-state index contributed by atoms with van der Waals surface area (Å²) in [5.74, 6) is 0.231. The summed E-state index contributed by atoms with van der Waals surface area (Å²) in [7, 11) is 1.34. The van der Waals surface area contributed by atoms with Crippen LogP contribution in [0.5, 0.6) is 0 Å². The van der Waals surface area contributed by atoms with Crippen LogP contribution in [0.4, 0.5) is 13.2 Å². The van der Waals surface area contributed by atoms with Gasteiger partial charge in [-0.15, -0.1) is 0 Å². The first-order valence-corrected chi connectivity index (χ1v) is 3.43. The van der Waals surface area contributed by atoms with Crippen molar-refractivity contribution in [2.45, 2.75) is 19.5 Å². The third kappa shape index (κ3) is 5.82. The van der Waals surface area contributed by atoms with Crippen LogP contribution in [-0.2, 0) is 4.74 Å². The van der Waals surface area contributed by atoms with Crippen molar-refractivity contribution in [3.05, 3.63) is 24.0 Å². The van der Waals surface area contributed by atoms with E-state index in [4.69, 9.17) is 0 Å². The summed E-state index contributed by atoms with van der Waals surface area (Å²) in [6, 6.07) is 0. The second kappa shape index (κ2) is 4.85. The maximum atomic E-state index is 11.7. The van der Waals surface area contributed by atoms with Crippen LogP contribution >= 0.6 is 0 Å². The SMILES string of the molecule is C/C=C\C(=C/CC(F)(F)F)OC. The molecule has 4 heteroatoms. The molecule has 0 bridgehead atoms. The maximum Gasteiger partial charge on any atom is 0.392 e. The summed E-state index contributed by atoms with van der Waals surface area (Å²) in [5.41, 5.74) is 0. The van der Waals surface area contributed by atoms with Crippen LogP contribution in [0.2, 0.25) is 0 Å². The van der Waals surface area contributed by atoms with Gasteiger partial charge in [0.05, 0.1) is 13.5 Å². The van der Waals surface area contributed by atoms with Crippen LogP contribution in [0.1, 0.15) is 13.3 Å². The molecule has 0 atom stereocenters. The molecule has 0 amide bonds. The van der Waals surface area contributed by atoms with Gasteiger partial charge >= 0.3 is 6.18 Å². The van der Waals surface area contributed by atoms with Crippen molar-refractivity contribution in [1.29, 1.82) is 0 Å². The van der Waals surface area contributed by atoms with E-state index in [9.17, 15) is 13.2 Å². The fourth-order valence-electron chi connectivity index (χ4n) is 0.600. The predicted molar refractivity (Wildman–Crippen MR) is 40.6 cm³/mol. The molecule has 0 aromatic carbocycles. The Bertz CT molecular complexity index is 179. The third-order valence-electron chi connectivity index (χ3n) is 1.10. The van der Waals surface area contributed by atoms with Crippen molar-refractivity contribution in [1.82, 2.24) is 0 Å². The standard InChI is InChI=1S/C8H11F3O/c1-3-4-7(12-2)5-6-8(9,10)11/h3-5H,6H2,1-2H3/b4-3-,7-5+. The lowest BCUT2D eigenvalue weighted by molar-refractivity contribution is -0.125. The highest BCUT2D eigenvalue weighted by atomic mass is 19.4. The summed E-state index contributed by atoms with van der Waals surface area (Å²) < 4.78 is 39.7. The van der Waals surface area contributed by atoms with Crippen molar-refractivity contribution in [2.75, 3.05) is 7.11 Å². The first-order chi connectivity index (χ1) is 5.49. The molecule has 0 aliphatic rings. The molecular weight excluding hydrogens is 169 g/mol. The van der Waals surface area contributed by atoms with Gasteiger partial charge in [0, 0.05) is 0 Å². The minimum atomic E-state index is -4.16. The van der Waals surface area contributed by atoms with Crippen LogP contribution in [0.3, 0.4) is 0 Å². The Kier molecular flexibility index (Phi) is 4.47. The second-order valence-corrected chi connectivity index (χ2v) is 2.13. The molecule has 0 spiro atoms. The van der Waals surface area contributed by atoms with Gasteiger partial charge in [0.1, 0.15) is 5.76 Å². The van der Waals surface area contributed by atoms with Gasteiger partial charge in [-0.3, -0.25) is 0 Å². The summed E-state index contributed by atoms with van der Waals surface area (Å²) >= 11 is 0. The van der Waals surface area contributed by atoms with Crippen molar-refractivity contribution < 1.29 is 17.9 Å². The van der Waals surface area contributed by atoms with E-state index in [1.807, 2.05) is 0 Å². The minimum absolute atomic E-state index is 0.231. The van der Waals surface area contributed by atoms with Gasteiger partial charge in [0.25, 0.3) is 0 Å². The molecule has 12 heavy (non-hydrogen) atoms. The normalized spacial score (nSPS) is 13.9. The van der Waals surface area contributed by atoms with E-state index < -0.39 is 12.6 Å². The van der Waals surface area contributed by atoms with Crippen LogP contribution < -0.4 is 0 Å². The smallest absolute Gasteiger partial charge is 0.392 e. The summed E-state index contributed by atoms with van der Waals surface area (Å²) in [6.45, 7) is 1.71. The van der Waals surface area contributed by atoms with E-state index in [-0.39, 0.29) is 5.76 Å². The average molecular weight is 180 g/mol. The largest absolute Gasteiger partial charge is 0.497 e. The number of halogens is 3. The molecule has 0 aromatic heterocycles. The van der Waals surface area contributed by atoms with E-state index in [0.717, 1.165) is 6.08 Å². The van der Waals surface area contributed by atoms with Crippen LogP contribution in [0.15, 0.2) is 24.0 Å². The first-order valence-electron chi connectivity index (χ1n) is 3.43. The number of hydrogen-bond donors (Lipinski definition) is 0. The van der Waals surface area contributed by atoms with Crippen molar-refractivity contribution in [3.8, 4) is 0 Å². The molecular formula is C8H11F3O. The molecule has 0 aromatic rings. The first kappa shape index (κ1) is 11.1. The maximum absolute atomic E-state index is 11.7. The second-order valence-electron chi connectivity index (χ2n) is 2.13. The molecule has 0 N–H and O–H groups in total. The number of allylic oxidation sites excluding steroid dienone is 3. The Hall–Kier alpha value is -0.930. The van der Waals surface area contributed by atoms with Gasteiger partial charge in [0.15, 0.2) is 0 Å². The molecule has 0 radical (unpaired) electrons. The number of ether oxygens (including phenoxy) is 1. The van der Waals surface area contributed by atoms with Crippen LogP contribution in [0.25, 0.3) is 0 Å². The van der Waals surface area contributed by atoms with E-state index in [0.29, 0.717) is 0 Å². The Morgan fingerprint density at radius 2 is 2.00 bits per heavy atom. The zero-order valence-electron chi connectivity index (χ0n) is 6.98. The Balaban J connectivity index is 4.12. The molecule has 0 aliphatic carbocycles. The molecule has 0 saturated carbocycles. The van der Waals surface area contributed by atoms with Crippen molar-refractivity contribution >= 4 is 0 Å². The molecule has 0 fully saturated rings. The number of methoxy groups -OCH3 is 1. The minimum Gasteiger partial charge on any atom is -0.497 e. The third-order valence-corrected chi connectivity index (χ3v) is 1.10. The van der Waals surface area contributed by atoms with Gasteiger partial charge in [0.2, 0.25) is 0 Å². The summed E-state index contributed by atoms with van der Waals surface area (Å²) in [5, 5.41) is 0. The monoisotopic (exact) mass is 180 g/mol. The van der Waals surface area contributed by atoms with Gasteiger partial charge in [-0.1, -0.05) is 6.08 Å². The molecule has 70 valence electrons. The lowest BCUT2D eigenvalue weighted by Gasteiger charge is -2.03.